The first-order valence-electron chi connectivity index (χ1n) is 8.12. The lowest BCUT2D eigenvalue weighted by molar-refractivity contribution is 0.0262. The van der Waals surface area contributed by atoms with Gasteiger partial charge in [0.15, 0.2) is 0 Å². The molecule has 1 saturated carbocycles. The highest BCUT2D eigenvalue weighted by molar-refractivity contribution is 5.04. The number of fused-ring (bicyclic) bond motifs is 2. The Labute approximate surface area is 113 Å². The Kier molecular flexibility index (Phi) is 3.44. The second-order valence-corrected chi connectivity index (χ2v) is 7.45. The Morgan fingerprint density at radius 2 is 1.78 bits per heavy atom. The molecule has 0 radical (unpaired) electrons. The van der Waals surface area contributed by atoms with E-state index in [0.29, 0.717) is 5.41 Å². The summed E-state index contributed by atoms with van der Waals surface area (Å²) in [6.07, 6.45) is 10.0. The lowest BCUT2D eigenvalue weighted by Crippen LogP contribution is -2.55. The first-order valence-corrected chi connectivity index (χ1v) is 8.12. The highest BCUT2D eigenvalue weighted by atomic mass is 15.3. The SMILES string of the molecule is CCNC1CC2CCC(C1)N2C1CCCC1(C)C. The summed E-state index contributed by atoms with van der Waals surface area (Å²) in [6, 6.07) is 3.44. The minimum absolute atomic E-state index is 0.561. The van der Waals surface area contributed by atoms with Crippen molar-refractivity contribution in [3.8, 4) is 0 Å². The Morgan fingerprint density at radius 1 is 1.11 bits per heavy atom. The number of hydrogen-bond acceptors (Lipinski definition) is 2. The molecule has 1 aliphatic carbocycles. The number of nitrogens with zero attached hydrogens (tertiary/aromatic N) is 1. The van der Waals surface area contributed by atoms with Crippen molar-refractivity contribution in [3.63, 3.8) is 0 Å². The van der Waals surface area contributed by atoms with Gasteiger partial charge in [-0.15, -0.1) is 0 Å². The summed E-state index contributed by atoms with van der Waals surface area (Å²) in [5.41, 5.74) is 0.561. The van der Waals surface area contributed by atoms with Crippen LogP contribution in [0.15, 0.2) is 0 Å². The molecule has 0 aromatic carbocycles. The molecule has 2 aliphatic heterocycles. The van der Waals surface area contributed by atoms with Crippen LogP contribution in [0.2, 0.25) is 0 Å². The van der Waals surface area contributed by atoms with Gasteiger partial charge in [-0.3, -0.25) is 4.90 Å². The van der Waals surface area contributed by atoms with Crippen molar-refractivity contribution in [1.29, 1.82) is 0 Å². The van der Waals surface area contributed by atoms with Crippen LogP contribution in [0.3, 0.4) is 0 Å². The van der Waals surface area contributed by atoms with Crippen molar-refractivity contribution < 1.29 is 0 Å². The van der Waals surface area contributed by atoms with E-state index in [-0.39, 0.29) is 0 Å². The molecule has 3 unspecified atom stereocenters. The van der Waals surface area contributed by atoms with Crippen LogP contribution in [0, 0.1) is 5.41 Å². The van der Waals surface area contributed by atoms with Crippen molar-refractivity contribution in [2.75, 3.05) is 6.54 Å². The molecule has 2 nitrogen and oxygen atoms in total. The van der Waals surface area contributed by atoms with Gasteiger partial charge in [0.25, 0.3) is 0 Å². The second kappa shape index (κ2) is 4.79. The molecule has 3 fully saturated rings. The Hall–Kier alpha value is -0.0800. The fourth-order valence-electron chi connectivity index (χ4n) is 5.04. The lowest BCUT2D eigenvalue weighted by atomic mass is 9.83. The van der Waals surface area contributed by atoms with Gasteiger partial charge in [0.2, 0.25) is 0 Å². The van der Waals surface area contributed by atoms with Crippen LogP contribution in [0.4, 0.5) is 0 Å². The summed E-state index contributed by atoms with van der Waals surface area (Å²) in [5.74, 6) is 0. The third-order valence-corrected chi connectivity index (χ3v) is 5.84. The van der Waals surface area contributed by atoms with Gasteiger partial charge in [0.1, 0.15) is 0 Å². The molecule has 0 aromatic rings. The molecular formula is C16H30N2. The van der Waals surface area contributed by atoms with Gasteiger partial charge in [0.05, 0.1) is 0 Å². The summed E-state index contributed by atoms with van der Waals surface area (Å²) in [7, 11) is 0. The highest BCUT2D eigenvalue weighted by Crippen LogP contribution is 2.47. The van der Waals surface area contributed by atoms with Crippen molar-refractivity contribution >= 4 is 0 Å². The maximum Gasteiger partial charge on any atom is 0.0152 e. The van der Waals surface area contributed by atoms with Gasteiger partial charge in [-0.2, -0.15) is 0 Å². The average Bonchev–Trinajstić information content (AvgIpc) is 2.76. The van der Waals surface area contributed by atoms with Crippen molar-refractivity contribution in [1.82, 2.24) is 10.2 Å². The first-order chi connectivity index (χ1) is 8.62. The van der Waals surface area contributed by atoms with Crippen LogP contribution in [-0.4, -0.2) is 35.6 Å². The standard InChI is InChI=1S/C16H30N2/c1-4-17-12-10-13-7-8-14(11-12)18(13)15-6-5-9-16(15,2)3/h12-15,17H,4-11H2,1-3H3. The molecule has 1 N–H and O–H groups in total. The van der Waals surface area contributed by atoms with Crippen molar-refractivity contribution in [3.05, 3.63) is 0 Å². The fourth-order valence-corrected chi connectivity index (χ4v) is 5.04. The number of rotatable bonds is 3. The smallest absolute Gasteiger partial charge is 0.0152 e. The minimum Gasteiger partial charge on any atom is -0.314 e. The highest BCUT2D eigenvalue weighted by Gasteiger charge is 2.49. The summed E-state index contributed by atoms with van der Waals surface area (Å²) >= 11 is 0. The molecule has 0 spiro atoms. The maximum absolute atomic E-state index is 3.69. The average molecular weight is 250 g/mol. The van der Waals surface area contributed by atoms with Crippen LogP contribution < -0.4 is 5.32 Å². The maximum atomic E-state index is 3.69. The fraction of sp³-hybridized carbons (Fsp3) is 1.00. The molecular weight excluding hydrogens is 220 g/mol. The molecule has 2 heterocycles. The van der Waals surface area contributed by atoms with Gasteiger partial charge in [-0.1, -0.05) is 27.2 Å². The van der Waals surface area contributed by atoms with Gasteiger partial charge < -0.3 is 5.32 Å². The third-order valence-electron chi connectivity index (χ3n) is 5.84. The van der Waals surface area contributed by atoms with Crippen LogP contribution in [-0.2, 0) is 0 Å². The number of nitrogens with one attached hydrogen (secondary N) is 1. The summed E-state index contributed by atoms with van der Waals surface area (Å²) in [6.45, 7) is 8.38. The Bertz CT molecular complexity index is 285. The Morgan fingerprint density at radius 3 is 2.28 bits per heavy atom. The normalized spacial score (nSPS) is 43.5. The topological polar surface area (TPSA) is 15.3 Å². The van der Waals surface area contributed by atoms with E-state index in [2.05, 4.69) is 31.0 Å². The quantitative estimate of drug-likeness (QED) is 0.827. The van der Waals surface area contributed by atoms with Crippen molar-refractivity contribution in [2.24, 2.45) is 5.41 Å². The van der Waals surface area contributed by atoms with E-state index in [1.165, 1.54) is 44.9 Å². The third kappa shape index (κ3) is 2.12. The molecule has 3 rings (SSSR count). The predicted octanol–water partition coefficient (Wildman–Crippen LogP) is 3.17. The van der Waals surface area contributed by atoms with E-state index < -0.39 is 0 Å². The molecule has 2 saturated heterocycles. The molecule has 3 aliphatic rings. The van der Waals surface area contributed by atoms with Gasteiger partial charge in [-0.05, 0) is 50.5 Å². The van der Waals surface area contributed by atoms with Gasteiger partial charge in [0, 0.05) is 24.2 Å². The Balaban J connectivity index is 1.72. The lowest BCUT2D eigenvalue weighted by Gasteiger charge is -2.47. The molecule has 0 aromatic heterocycles. The van der Waals surface area contributed by atoms with Crippen LogP contribution in [0.5, 0.6) is 0 Å². The predicted molar refractivity (Wildman–Crippen MR) is 76.8 cm³/mol. The minimum atomic E-state index is 0.561. The second-order valence-electron chi connectivity index (χ2n) is 7.45. The summed E-state index contributed by atoms with van der Waals surface area (Å²) < 4.78 is 0. The molecule has 0 amide bonds. The van der Waals surface area contributed by atoms with Gasteiger partial charge in [-0.25, -0.2) is 0 Å². The van der Waals surface area contributed by atoms with E-state index in [0.717, 1.165) is 30.7 Å². The van der Waals surface area contributed by atoms with E-state index in [1.807, 2.05) is 0 Å². The van der Waals surface area contributed by atoms with E-state index >= 15 is 0 Å². The first kappa shape index (κ1) is 12.9. The zero-order valence-corrected chi connectivity index (χ0v) is 12.4. The number of hydrogen-bond donors (Lipinski definition) is 1. The molecule has 104 valence electrons. The van der Waals surface area contributed by atoms with Crippen molar-refractivity contribution in [2.45, 2.75) is 89.9 Å². The molecule has 18 heavy (non-hydrogen) atoms. The van der Waals surface area contributed by atoms with Crippen LogP contribution in [0.25, 0.3) is 0 Å². The summed E-state index contributed by atoms with van der Waals surface area (Å²) in [5, 5.41) is 3.69. The molecule has 3 atom stereocenters. The van der Waals surface area contributed by atoms with E-state index in [4.69, 9.17) is 0 Å². The summed E-state index contributed by atoms with van der Waals surface area (Å²) in [4.78, 5) is 2.96. The zero-order chi connectivity index (χ0) is 12.8. The van der Waals surface area contributed by atoms with E-state index in [1.54, 1.807) is 0 Å². The monoisotopic (exact) mass is 250 g/mol. The van der Waals surface area contributed by atoms with E-state index in [9.17, 15) is 0 Å². The molecule has 2 heteroatoms. The molecule has 2 bridgehead atoms. The van der Waals surface area contributed by atoms with Crippen LogP contribution in [0.1, 0.15) is 65.7 Å². The van der Waals surface area contributed by atoms with Crippen LogP contribution >= 0.6 is 0 Å². The number of piperidine rings is 1. The zero-order valence-electron chi connectivity index (χ0n) is 12.4. The van der Waals surface area contributed by atoms with Gasteiger partial charge >= 0.3 is 0 Å². The largest absolute Gasteiger partial charge is 0.314 e.